The van der Waals surface area contributed by atoms with Gasteiger partial charge in [0.1, 0.15) is 4.21 Å². The fraction of sp³-hybridized carbons (Fsp3) is 0.625. The zero-order valence-electron chi connectivity index (χ0n) is 14.1. The van der Waals surface area contributed by atoms with E-state index in [1.165, 1.54) is 4.31 Å². The van der Waals surface area contributed by atoms with E-state index in [9.17, 15) is 18.0 Å². The predicted octanol–water partition coefficient (Wildman–Crippen LogP) is 1.84. The molecule has 9 heteroatoms. The van der Waals surface area contributed by atoms with E-state index in [0.717, 1.165) is 30.6 Å². The van der Waals surface area contributed by atoms with Crippen molar-refractivity contribution < 1.29 is 23.1 Å². The van der Waals surface area contributed by atoms with Crippen molar-refractivity contribution in [3.05, 3.63) is 17.0 Å². The molecule has 0 atom stereocenters. The summed E-state index contributed by atoms with van der Waals surface area (Å²) in [5, 5.41) is 11.3. The van der Waals surface area contributed by atoms with Gasteiger partial charge in [0.2, 0.25) is 5.91 Å². The number of carboxylic acid groups (broad SMARTS) is 1. The Morgan fingerprint density at radius 3 is 2.56 bits per heavy atom. The van der Waals surface area contributed by atoms with Crippen LogP contribution >= 0.6 is 11.3 Å². The number of hydrogen-bond acceptors (Lipinski definition) is 5. The van der Waals surface area contributed by atoms with Crippen LogP contribution in [0.25, 0.3) is 0 Å². The Kier molecular flexibility index (Phi) is 7.39. The van der Waals surface area contributed by atoms with Gasteiger partial charge in [-0.1, -0.05) is 6.42 Å². The zero-order chi connectivity index (χ0) is 18.3. The second-order valence-corrected chi connectivity index (χ2v) is 9.40. The molecule has 2 rings (SSSR count). The van der Waals surface area contributed by atoms with Gasteiger partial charge in [-0.3, -0.25) is 9.59 Å². The number of amides is 1. The summed E-state index contributed by atoms with van der Waals surface area (Å²) in [7, 11) is -3.44. The van der Waals surface area contributed by atoms with E-state index in [2.05, 4.69) is 5.32 Å². The van der Waals surface area contributed by atoms with Crippen molar-refractivity contribution in [2.45, 2.75) is 49.2 Å². The molecule has 1 aliphatic rings. The van der Waals surface area contributed by atoms with Crippen LogP contribution in [0.3, 0.4) is 0 Å². The molecule has 0 spiro atoms. The molecule has 140 valence electrons. The van der Waals surface area contributed by atoms with Gasteiger partial charge in [0.05, 0.1) is 6.42 Å². The summed E-state index contributed by atoms with van der Waals surface area (Å²) in [6.07, 6.45) is 4.21. The first-order valence-corrected chi connectivity index (χ1v) is 10.7. The number of aliphatic carboxylic acids is 1. The van der Waals surface area contributed by atoms with Crippen molar-refractivity contribution in [2.75, 3.05) is 19.6 Å². The highest BCUT2D eigenvalue weighted by atomic mass is 32.2. The van der Waals surface area contributed by atoms with E-state index in [1.807, 2.05) is 0 Å². The molecule has 0 saturated carbocycles. The maximum absolute atomic E-state index is 12.6. The molecule has 1 fully saturated rings. The molecular formula is C16H24N2O5S2. The topological polar surface area (TPSA) is 104 Å². The van der Waals surface area contributed by atoms with Crippen LogP contribution in [0, 0.1) is 0 Å². The second kappa shape index (κ2) is 9.30. The molecule has 1 aromatic rings. The molecule has 2 N–H and O–H groups in total. The highest BCUT2D eigenvalue weighted by Gasteiger charge is 2.27. The third-order valence-corrected chi connectivity index (χ3v) is 7.47. The molecule has 1 amide bonds. The molecule has 1 aromatic heterocycles. The summed E-state index contributed by atoms with van der Waals surface area (Å²) < 4.78 is 27.0. The standard InChI is InChI=1S/C16H24N2O5S2/c19-14(17-9-3-2-6-15(20)21)12-13-7-8-16(24-13)25(22,23)18-10-4-1-5-11-18/h7-8H,1-6,9-12H2,(H,17,19)(H,20,21). The summed E-state index contributed by atoms with van der Waals surface area (Å²) in [5.41, 5.74) is 0. The van der Waals surface area contributed by atoms with Crippen LogP contribution in [0.15, 0.2) is 16.3 Å². The molecule has 0 unspecified atom stereocenters. The molecule has 0 aliphatic carbocycles. The van der Waals surface area contributed by atoms with Crippen molar-refractivity contribution >= 4 is 33.2 Å². The van der Waals surface area contributed by atoms with Gasteiger partial charge in [0.15, 0.2) is 0 Å². The minimum atomic E-state index is -3.44. The smallest absolute Gasteiger partial charge is 0.303 e. The summed E-state index contributed by atoms with van der Waals surface area (Å²) in [6, 6.07) is 3.26. The van der Waals surface area contributed by atoms with Crippen molar-refractivity contribution in [2.24, 2.45) is 0 Å². The molecule has 0 bridgehead atoms. The molecule has 0 radical (unpaired) electrons. The molecule has 0 aromatic carbocycles. The highest BCUT2D eigenvalue weighted by Crippen LogP contribution is 2.27. The Labute approximate surface area is 152 Å². The van der Waals surface area contributed by atoms with Gasteiger partial charge in [0.25, 0.3) is 10.0 Å². The fourth-order valence-electron chi connectivity index (χ4n) is 2.67. The van der Waals surface area contributed by atoms with E-state index in [-0.39, 0.29) is 18.7 Å². The Hall–Kier alpha value is -1.45. The van der Waals surface area contributed by atoms with Crippen molar-refractivity contribution in [3.63, 3.8) is 0 Å². The normalized spacial score (nSPS) is 15.8. The lowest BCUT2D eigenvalue weighted by Gasteiger charge is -2.25. The monoisotopic (exact) mass is 388 g/mol. The van der Waals surface area contributed by atoms with Crippen LogP contribution in [0.5, 0.6) is 0 Å². The lowest BCUT2D eigenvalue weighted by molar-refractivity contribution is -0.137. The molecule has 25 heavy (non-hydrogen) atoms. The number of nitrogens with one attached hydrogen (secondary N) is 1. The predicted molar refractivity (Wildman–Crippen MR) is 95.1 cm³/mol. The van der Waals surface area contributed by atoms with Crippen LogP contribution in [-0.4, -0.2) is 49.3 Å². The number of hydrogen-bond donors (Lipinski definition) is 2. The number of carbonyl (C=O) groups is 2. The molecule has 1 aliphatic heterocycles. The van der Waals surface area contributed by atoms with E-state index in [4.69, 9.17) is 5.11 Å². The first kappa shape index (κ1) is 19.9. The van der Waals surface area contributed by atoms with E-state index < -0.39 is 16.0 Å². The van der Waals surface area contributed by atoms with Crippen LogP contribution in [0.4, 0.5) is 0 Å². The number of piperidine rings is 1. The largest absolute Gasteiger partial charge is 0.481 e. The number of carboxylic acids is 1. The first-order chi connectivity index (χ1) is 11.9. The fourth-order valence-corrected chi connectivity index (χ4v) is 5.70. The number of nitrogens with zero attached hydrogens (tertiary/aromatic N) is 1. The Bertz CT molecular complexity index is 693. The van der Waals surface area contributed by atoms with Gasteiger partial charge in [-0.15, -0.1) is 11.3 Å². The van der Waals surface area contributed by atoms with Crippen molar-refractivity contribution in [1.29, 1.82) is 0 Å². The van der Waals surface area contributed by atoms with Crippen LogP contribution in [0.1, 0.15) is 43.4 Å². The molecule has 7 nitrogen and oxygen atoms in total. The summed E-state index contributed by atoms with van der Waals surface area (Å²) in [5.74, 6) is -1.02. The van der Waals surface area contributed by atoms with Gasteiger partial charge in [-0.25, -0.2) is 8.42 Å². The van der Waals surface area contributed by atoms with Gasteiger partial charge >= 0.3 is 5.97 Å². The van der Waals surface area contributed by atoms with Gasteiger partial charge in [-0.05, 0) is 37.8 Å². The Morgan fingerprint density at radius 1 is 1.16 bits per heavy atom. The lowest BCUT2D eigenvalue weighted by Crippen LogP contribution is -2.35. The average Bonchev–Trinajstić information content (AvgIpc) is 3.04. The number of sulfonamides is 1. The number of rotatable bonds is 9. The third kappa shape index (κ3) is 6.09. The van der Waals surface area contributed by atoms with Gasteiger partial charge in [-0.2, -0.15) is 4.31 Å². The van der Waals surface area contributed by atoms with Crippen molar-refractivity contribution in [1.82, 2.24) is 9.62 Å². The number of thiophene rings is 1. The van der Waals surface area contributed by atoms with Crippen LogP contribution in [-0.2, 0) is 26.0 Å². The first-order valence-electron chi connectivity index (χ1n) is 8.47. The molecular weight excluding hydrogens is 364 g/mol. The zero-order valence-corrected chi connectivity index (χ0v) is 15.7. The number of unbranched alkanes of at least 4 members (excludes halogenated alkanes) is 1. The van der Waals surface area contributed by atoms with E-state index in [0.29, 0.717) is 41.6 Å². The summed E-state index contributed by atoms with van der Waals surface area (Å²) >= 11 is 1.14. The van der Waals surface area contributed by atoms with Crippen LogP contribution < -0.4 is 5.32 Å². The van der Waals surface area contributed by atoms with Gasteiger partial charge in [0, 0.05) is 30.9 Å². The van der Waals surface area contributed by atoms with Crippen molar-refractivity contribution in [3.8, 4) is 0 Å². The van der Waals surface area contributed by atoms with E-state index >= 15 is 0 Å². The van der Waals surface area contributed by atoms with Crippen LogP contribution in [0.2, 0.25) is 0 Å². The Morgan fingerprint density at radius 2 is 1.88 bits per heavy atom. The minimum absolute atomic E-state index is 0.0957. The Balaban J connectivity index is 1.82. The highest BCUT2D eigenvalue weighted by molar-refractivity contribution is 7.91. The summed E-state index contributed by atoms with van der Waals surface area (Å²) in [4.78, 5) is 23.0. The SMILES string of the molecule is O=C(O)CCCCNC(=O)Cc1ccc(S(=O)(=O)N2CCCCC2)s1. The summed E-state index contributed by atoms with van der Waals surface area (Å²) in [6.45, 7) is 1.55. The minimum Gasteiger partial charge on any atom is -0.481 e. The molecule has 1 saturated heterocycles. The quantitative estimate of drug-likeness (QED) is 0.628. The molecule has 2 heterocycles. The number of carbonyl (C=O) groups excluding carboxylic acids is 1. The average molecular weight is 389 g/mol. The third-order valence-electron chi connectivity index (χ3n) is 4.02. The van der Waals surface area contributed by atoms with E-state index in [1.54, 1.807) is 12.1 Å². The van der Waals surface area contributed by atoms with Gasteiger partial charge < -0.3 is 10.4 Å². The lowest BCUT2D eigenvalue weighted by atomic mass is 10.2. The second-order valence-electron chi connectivity index (χ2n) is 6.06. The maximum Gasteiger partial charge on any atom is 0.303 e. The maximum atomic E-state index is 12.6.